The van der Waals surface area contributed by atoms with Gasteiger partial charge in [-0.05, 0) is 30.5 Å². The molecule has 0 saturated carbocycles. The molecule has 0 radical (unpaired) electrons. The summed E-state index contributed by atoms with van der Waals surface area (Å²) in [6, 6.07) is 19.5. The molecule has 2 aromatic carbocycles. The van der Waals surface area contributed by atoms with E-state index in [1.165, 1.54) is 0 Å². The fourth-order valence-electron chi connectivity index (χ4n) is 1.20. The lowest BCUT2D eigenvalue weighted by Gasteiger charge is -2.01. The predicted octanol–water partition coefficient (Wildman–Crippen LogP) is 4.08. The number of rotatable bonds is 4. The highest BCUT2D eigenvalue weighted by atomic mass is 32.2. The van der Waals surface area contributed by atoms with E-state index in [2.05, 4.69) is 0 Å². The first-order chi connectivity index (χ1) is 8.86. The average Bonchev–Trinajstić information content (AvgIpc) is 2.48. The van der Waals surface area contributed by atoms with E-state index in [4.69, 9.17) is 9.47 Å². The lowest BCUT2D eigenvalue weighted by atomic mass is 10.3. The summed E-state index contributed by atoms with van der Waals surface area (Å²) in [5, 5.41) is 0. The molecule has 0 spiro atoms. The van der Waals surface area contributed by atoms with E-state index in [0.717, 1.165) is 17.4 Å². The van der Waals surface area contributed by atoms with Gasteiger partial charge in [0, 0.05) is 0 Å². The molecule has 2 aromatic rings. The maximum Gasteiger partial charge on any atom is 0.133 e. The summed E-state index contributed by atoms with van der Waals surface area (Å²) in [7, 11) is 1.66. The number of thioether (sulfide) groups is 1. The molecule has 3 heteroatoms. The number of hydrogen-bond acceptors (Lipinski definition) is 3. The van der Waals surface area contributed by atoms with Crippen LogP contribution in [0.1, 0.15) is 0 Å². The second-order valence-electron chi connectivity index (χ2n) is 3.38. The molecular weight excluding hydrogens is 244 g/mol. The molecule has 0 amide bonds. The largest absolute Gasteiger partial charge is 0.497 e. The molecule has 0 N–H and O–H groups in total. The molecule has 0 aliphatic carbocycles. The first kappa shape index (κ1) is 14.5. The maximum absolute atomic E-state index is 5.32. The second kappa shape index (κ2) is 9.42. The third-order valence-corrected chi connectivity index (χ3v) is 2.42. The SMILES string of the molecule is COc1ccccc1.CSCOc1ccccc1. The Kier molecular flexibility index (Phi) is 7.57. The minimum Gasteiger partial charge on any atom is -0.497 e. The van der Waals surface area contributed by atoms with Crippen LogP contribution in [-0.2, 0) is 0 Å². The van der Waals surface area contributed by atoms with Crippen LogP contribution in [0.15, 0.2) is 60.7 Å². The van der Waals surface area contributed by atoms with Crippen molar-refractivity contribution in [1.29, 1.82) is 0 Å². The Morgan fingerprint density at radius 1 is 0.833 bits per heavy atom. The molecule has 0 aromatic heterocycles. The van der Waals surface area contributed by atoms with Crippen LogP contribution in [0, 0.1) is 0 Å². The lowest BCUT2D eigenvalue weighted by molar-refractivity contribution is 0.393. The summed E-state index contributed by atoms with van der Waals surface area (Å²) in [6.45, 7) is 0. The predicted molar refractivity (Wildman–Crippen MR) is 78.4 cm³/mol. The van der Waals surface area contributed by atoms with Crippen molar-refractivity contribution in [1.82, 2.24) is 0 Å². The molecule has 96 valence electrons. The quantitative estimate of drug-likeness (QED) is 0.773. The summed E-state index contributed by atoms with van der Waals surface area (Å²) >= 11 is 1.67. The van der Waals surface area contributed by atoms with Crippen LogP contribution >= 0.6 is 11.8 Å². The van der Waals surface area contributed by atoms with Gasteiger partial charge in [0.1, 0.15) is 17.4 Å². The zero-order chi connectivity index (χ0) is 13.1. The van der Waals surface area contributed by atoms with Crippen molar-refractivity contribution in [3.8, 4) is 11.5 Å². The molecule has 0 fully saturated rings. The average molecular weight is 262 g/mol. The van der Waals surface area contributed by atoms with Crippen molar-refractivity contribution in [2.75, 3.05) is 19.3 Å². The number of hydrogen-bond donors (Lipinski definition) is 0. The van der Waals surface area contributed by atoms with Crippen LogP contribution in [0.3, 0.4) is 0 Å². The smallest absolute Gasteiger partial charge is 0.133 e. The molecule has 2 rings (SSSR count). The van der Waals surface area contributed by atoms with Crippen LogP contribution in [0.25, 0.3) is 0 Å². The Morgan fingerprint density at radius 3 is 1.72 bits per heavy atom. The van der Waals surface area contributed by atoms with Crippen LogP contribution in [-0.4, -0.2) is 19.3 Å². The highest BCUT2D eigenvalue weighted by molar-refractivity contribution is 7.98. The van der Waals surface area contributed by atoms with Gasteiger partial charge in [-0.1, -0.05) is 36.4 Å². The first-order valence-corrected chi connectivity index (χ1v) is 7.02. The van der Waals surface area contributed by atoms with Gasteiger partial charge in [-0.3, -0.25) is 0 Å². The minimum absolute atomic E-state index is 0.726. The van der Waals surface area contributed by atoms with Crippen molar-refractivity contribution in [3.63, 3.8) is 0 Å². The summed E-state index contributed by atoms with van der Waals surface area (Å²) in [5.74, 6) is 2.58. The van der Waals surface area contributed by atoms with E-state index in [1.807, 2.05) is 66.9 Å². The van der Waals surface area contributed by atoms with Gasteiger partial charge in [-0.15, -0.1) is 11.8 Å². The zero-order valence-electron chi connectivity index (χ0n) is 10.7. The number of para-hydroxylation sites is 2. The molecular formula is C15H18O2S. The van der Waals surface area contributed by atoms with Crippen LogP contribution < -0.4 is 9.47 Å². The maximum atomic E-state index is 5.32. The van der Waals surface area contributed by atoms with Gasteiger partial charge in [0.25, 0.3) is 0 Å². The molecule has 0 heterocycles. The van der Waals surface area contributed by atoms with E-state index < -0.39 is 0 Å². The standard InChI is InChI=1S/C8H10OS.C7H8O/c1-10-7-9-8-5-3-2-4-6-8;1-8-7-5-3-2-4-6-7/h2-6H,7H2,1H3;2-6H,1H3. The van der Waals surface area contributed by atoms with E-state index >= 15 is 0 Å². The molecule has 2 nitrogen and oxygen atoms in total. The second-order valence-corrected chi connectivity index (χ2v) is 4.19. The van der Waals surface area contributed by atoms with Crippen LogP contribution in [0.2, 0.25) is 0 Å². The summed E-state index contributed by atoms with van der Waals surface area (Å²) in [5.41, 5.74) is 0. The van der Waals surface area contributed by atoms with Crippen molar-refractivity contribution in [2.45, 2.75) is 0 Å². The first-order valence-electron chi connectivity index (χ1n) is 5.62. The van der Waals surface area contributed by atoms with Gasteiger partial charge in [0.05, 0.1) is 7.11 Å². The van der Waals surface area contributed by atoms with Crippen LogP contribution in [0.5, 0.6) is 11.5 Å². The number of ether oxygens (including phenoxy) is 2. The van der Waals surface area contributed by atoms with Gasteiger partial charge in [-0.2, -0.15) is 0 Å². The van der Waals surface area contributed by atoms with E-state index in [0.29, 0.717) is 0 Å². The molecule has 18 heavy (non-hydrogen) atoms. The Morgan fingerprint density at radius 2 is 1.33 bits per heavy atom. The van der Waals surface area contributed by atoms with Gasteiger partial charge >= 0.3 is 0 Å². The monoisotopic (exact) mass is 262 g/mol. The molecule has 0 aliphatic rings. The fourth-order valence-corrected chi connectivity index (χ4v) is 1.45. The highest BCUT2D eigenvalue weighted by Crippen LogP contribution is 2.09. The van der Waals surface area contributed by atoms with E-state index in [-0.39, 0.29) is 0 Å². The Balaban J connectivity index is 0.000000184. The van der Waals surface area contributed by atoms with Gasteiger partial charge in [-0.25, -0.2) is 0 Å². The third-order valence-electron chi connectivity index (χ3n) is 2.07. The summed E-state index contributed by atoms with van der Waals surface area (Å²) in [4.78, 5) is 0. The Labute approximate surface area is 113 Å². The van der Waals surface area contributed by atoms with Gasteiger partial charge in [0.2, 0.25) is 0 Å². The van der Waals surface area contributed by atoms with Crippen LogP contribution in [0.4, 0.5) is 0 Å². The minimum atomic E-state index is 0.726. The molecule has 0 unspecified atom stereocenters. The zero-order valence-corrected chi connectivity index (χ0v) is 11.5. The normalized spacial score (nSPS) is 9.00. The molecule has 0 bridgehead atoms. The van der Waals surface area contributed by atoms with E-state index in [9.17, 15) is 0 Å². The number of methoxy groups -OCH3 is 1. The third kappa shape index (κ3) is 6.21. The number of benzene rings is 2. The van der Waals surface area contributed by atoms with Gasteiger partial charge < -0.3 is 9.47 Å². The fraction of sp³-hybridized carbons (Fsp3) is 0.200. The topological polar surface area (TPSA) is 18.5 Å². The molecule has 0 saturated heterocycles. The van der Waals surface area contributed by atoms with Crippen molar-refractivity contribution in [2.24, 2.45) is 0 Å². The Hall–Kier alpha value is -1.61. The molecule has 0 atom stereocenters. The summed E-state index contributed by atoms with van der Waals surface area (Å²) in [6.07, 6.45) is 2.02. The summed E-state index contributed by atoms with van der Waals surface area (Å²) < 4.78 is 10.2. The van der Waals surface area contributed by atoms with Crippen molar-refractivity contribution < 1.29 is 9.47 Å². The molecule has 0 aliphatic heterocycles. The van der Waals surface area contributed by atoms with Crippen molar-refractivity contribution >= 4 is 11.8 Å². The van der Waals surface area contributed by atoms with E-state index in [1.54, 1.807) is 18.9 Å². The lowest BCUT2D eigenvalue weighted by Crippen LogP contribution is -1.89. The van der Waals surface area contributed by atoms with Crippen molar-refractivity contribution in [3.05, 3.63) is 60.7 Å². The highest BCUT2D eigenvalue weighted by Gasteiger charge is 1.86. The van der Waals surface area contributed by atoms with Gasteiger partial charge in [0.15, 0.2) is 0 Å². The Bertz CT molecular complexity index is 403.